The Morgan fingerprint density at radius 2 is 2.06 bits per heavy atom. The molecule has 17 heavy (non-hydrogen) atoms. The number of aliphatic hydroxyl groups excluding tert-OH is 1. The molecule has 0 bridgehead atoms. The van der Waals surface area contributed by atoms with Crippen LogP contribution in [0.25, 0.3) is 0 Å². The van der Waals surface area contributed by atoms with Gasteiger partial charge in [0.25, 0.3) is 0 Å². The Morgan fingerprint density at radius 1 is 1.35 bits per heavy atom. The normalized spacial score (nSPS) is 30.8. The van der Waals surface area contributed by atoms with Crippen molar-refractivity contribution in [3.05, 3.63) is 0 Å². The molecule has 100 valence electrons. The summed E-state index contributed by atoms with van der Waals surface area (Å²) in [6.07, 6.45) is 2.73. The molecule has 2 fully saturated rings. The molecule has 2 aliphatic rings. The van der Waals surface area contributed by atoms with Crippen molar-refractivity contribution in [2.24, 2.45) is 0 Å². The fraction of sp³-hybridized carbons (Fsp3) is 1.00. The van der Waals surface area contributed by atoms with E-state index in [2.05, 4.69) is 10.2 Å². The van der Waals surface area contributed by atoms with Gasteiger partial charge in [-0.25, -0.2) is 8.42 Å². The van der Waals surface area contributed by atoms with E-state index in [1.807, 2.05) is 0 Å². The van der Waals surface area contributed by atoms with Gasteiger partial charge in [-0.1, -0.05) is 0 Å². The molecule has 0 radical (unpaired) electrons. The lowest BCUT2D eigenvalue weighted by molar-refractivity contribution is 0.121. The van der Waals surface area contributed by atoms with Gasteiger partial charge in [-0.2, -0.15) is 0 Å². The van der Waals surface area contributed by atoms with Gasteiger partial charge in [-0.15, -0.1) is 0 Å². The summed E-state index contributed by atoms with van der Waals surface area (Å²) in [5, 5.41) is 13.0. The number of aliphatic hydroxyl groups is 1. The minimum Gasteiger partial charge on any atom is -0.390 e. The van der Waals surface area contributed by atoms with Crippen molar-refractivity contribution in [3.63, 3.8) is 0 Å². The second kappa shape index (κ2) is 5.65. The number of β-amino-alcohol motifs (C(OH)–C–C–N with tert-alkyl or cyclic N) is 1. The van der Waals surface area contributed by atoms with Gasteiger partial charge in [0.2, 0.25) is 0 Å². The van der Waals surface area contributed by atoms with Crippen LogP contribution in [0.5, 0.6) is 0 Å². The lowest BCUT2D eigenvalue weighted by atomic mass is 10.2. The van der Waals surface area contributed by atoms with Gasteiger partial charge in [0, 0.05) is 19.1 Å². The van der Waals surface area contributed by atoms with Crippen LogP contribution in [0.2, 0.25) is 0 Å². The van der Waals surface area contributed by atoms with Gasteiger partial charge >= 0.3 is 0 Å². The Balaban J connectivity index is 1.64. The summed E-state index contributed by atoms with van der Waals surface area (Å²) in [6.45, 7) is 3.35. The molecule has 5 nitrogen and oxygen atoms in total. The van der Waals surface area contributed by atoms with Crippen molar-refractivity contribution >= 4 is 9.84 Å². The number of sulfone groups is 1. The van der Waals surface area contributed by atoms with Crippen molar-refractivity contribution < 1.29 is 13.5 Å². The Kier molecular flexibility index (Phi) is 4.41. The van der Waals surface area contributed by atoms with E-state index in [-0.39, 0.29) is 17.5 Å². The molecule has 0 saturated carbocycles. The minimum atomic E-state index is -2.82. The number of nitrogens with zero attached hydrogens (tertiary/aromatic N) is 1. The van der Waals surface area contributed by atoms with Crippen molar-refractivity contribution in [1.82, 2.24) is 10.2 Å². The van der Waals surface area contributed by atoms with Crippen molar-refractivity contribution in [2.75, 3.05) is 37.7 Å². The second-order valence-electron chi connectivity index (χ2n) is 5.17. The molecule has 2 aliphatic heterocycles. The number of rotatable bonds is 5. The van der Waals surface area contributed by atoms with Crippen LogP contribution in [-0.4, -0.2) is 68.3 Å². The summed E-state index contributed by atoms with van der Waals surface area (Å²) >= 11 is 0. The first-order valence-corrected chi connectivity index (χ1v) is 8.21. The summed E-state index contributed by atoms with van der Waals surface area (Å²) in [5.74, 6) is 0.510. The van der Waals surface area contributed by atoms with E-state index in [9.17, 15) is 13.5 Å². The van der Waals surface area contributed by atoms with E-state index in [1.54, 1.807) is 0 Å². The molecule has 0 aliphatic carbocycles. The van der Waals surface area contributed by atoms with Gasteiger partial charge in [0.1, 0.15) is 0 Å². The van der Waals surface area contributed by atoms with Gasteiger partial charge in [0.15, 0.2) is 9.84 Å². The van der Waals surface area contributed by atoms with Crippen LogP contribution in [0.1, 0.15) is 19.3 Å². The van der Waals surface area contributed by atoms with Crippen LogP contribution in [0, 0.1) is 0 Å². The quantitative estimate of drug-likeness (QED) is 0.680. The lowest BCUT2D eigenvalue weighted by Gasteiger charge is -2.21. The lowest BCUT2D eigenvalue weighted by Crippen LogP contribution is -2.41. The van der Waals surface area contributed by atoms with Crippen molar-refractivity contribution in [3.8, 4) is 0 Å². The molecule has 0 spiro atoms. The molecule has 0 aromatic carbocycles. The molecule has 2 rings (SSSR count). The first-order chi connectivity index (χ1) is 8.05. The predicted octanol–water partition coefficient (Wildman–Crippen LogP) is -0.780. The van der Waals surface area contributed by atoms with Crippen molar-refractivity contribution in [2.45, 2.75) is 31.4 Å². The van der Waals surface area contributed by atoms with E-state index in [4.69, 9.17) is 0 Å². The molecular formula is C11H22N2O3S. The first-order valence-electron chi connectivity index (χ1n) is 6.39. The minimum absolute atomic E-state index is 0.0354. The van der Waals surface area contributed by atoms with Crippen LogP contribution in [0.4, 0.5) is 0 Å². The summed E-state index contributed by atoms with van der Waals surface area (Å²) in [6, 6.07) is 0.0354. The number of hydrogen-bond acceptors (Lipinski definition) is 5. The van der Waals surface area contributed by atoms with Crippen molar-refractivity contribution in [1.29, 1.82) is 0 Å². The summed E-state index contributed by atoms with van der Waals surface area (Å²) in [7, 11) is -2.82. The predicted molar refractivity (Wildman–Crippen MR) is 66.7 cm³/mol. The van der Waals surface area contributed by atoms with Crippen LogP contribution in [-0.2, 0) is 9.84 Å². The molecule has 0 amide bonds. The summed E-state index contributed by atoms with van der Waals surface area (Å²) in [5.41, 5.74) is 0. The molecule has 0 aromatic rings. The maximum absolute atomic E-state index is 11.3. The standard InChI is InChI=1S/C11H22N2O3S/c14-11(8-13-4-1-2-5-13)7-12-10-3-6-17(15,16)9-10/h10-12,14H,1-9H2. The highest BCUT2D eigenvalue weighted by Gasteiger charge is 2.27. The molecule has 0 aromatic heterocycles. The molecule has 2 atom stereocenters. The highest BCUT2D eigenvalue weighted by Crippen LogP contribution is 2.11. The Labute approximate surface area is 103 Å². The maximum Gasteiger partial charge on any atom is 0.151 e. The average molecular weight is 262 g/mol. The number of hydrogen-bond donors (Lipinski definition) is 2. The third-order valence-electron chi connectivity index (χ3n) is 3.54. The fourth-order valence-corrected chi connectivity index (χ4v) is 4.29. The van der Waals surface area contributed by atoms with Gasteiger partial charge in [-0.05, 0) is 32.4 Å². The summed E-state index contributed by atoms with van der Waals surface area (Å²) in [4.78, 5) is 2.26. The smallest absolute Gasteiger partial charge is 0.151 e. The molecule has 2 saturated heterocycles. The van der Waals surface area contributed by atoms with Gasteiger partial charge in [0.05, 0.1) is 17.6 Å². The average Bonchev–Trinajstić information content (AvgIpc) is 2.85. The fourth-order valence-electron chi connectivity index (χ4n) is 2.59. The van der Waals surface area contributed by atoms with Crippen LogP contribution in [0.15, 0.2) is 0 Å². The van der Waals surface area contributed by atoms with Crippen LogP contribution in [0.3, 0.4) is 0 Å². The van der Waals surface area contributed by atoms with E-state index in [1.165, 1.54) is 12.8 Å². The monoisotopic (exact) mass is 262 g/mol. The zero-order valence-corrected chi connectivity index (χ0v) is 11.0. The third kappa shape index (κ3) is 4.21. The van der Waals surface area contributed by atoms with E-state index in [0.717, 1.165) is 13.1 Å². The topological polar surface area (TPSA) is 69.6 Å². The van der Waals surface area contributed by atoms with Crippen LogP contribution >= 0.6 is 0 Å². The highest BCUT2D eigenvalue weighted by molar-refractivity contribution is 7.91. The molecule has 2 unspecified atom stereocenters. The molecular weight excluding hydrogens is 240 g/mol. The van der Waals surface area contributed by atoms with Gasteiger partial charge in [-0.3, -0.25) is 0 Å². The summed E-state index contributed by atoms with van der Waals surface area (Å²) < 4.78 is 22.5. The Hall–Kier alpha value is -0.170. The zero-order valence-electron chi connectivity index (χ0n) is 10.1. The first kappa shape index (κ1) is 13.3. The zero-order chi connectivity index (χ0) is 12.3. The van der Waals surface area contributed by atoms with Crippen LogP contribution < -0.4 is 5.32 Å². The highest BCUT2D eigenvalue weighted by atomic mass is 32.2. The van der Waals surface area contributed by atoms with E-state index in [0.29, 0.717) is 19.5 Å². The molecule has 2 N–H and O–H groups in total. The van der Waals surface area contributed by atoms with Gasteiger partial charge < -0.3 is 15.3 Å². The Morgan fingerprint density at radius 3 is 2.65 bits per heavy atom. The number of likely N-dealkylation sites (tertiary alicyclic amines) is 1. The Bertz CT molecular complexity index is 339. The largest absolute Gasteiger partial charge is 0.390 e. The second-order valence-corrected chi connectivity index (χ2v) is 7.40. The number of nitrogens with one attached hydrogen (secondary N) is 1. The maximum atomic E-state index is 11.3. The molecule has 2 heterocycles. The third-order valence-corrected chi connectivity index (χ3v) is 5.31. The molecule has 6 heteroatoms. The van der Waals surface area contributed by atoms with E-state index >= 15 is 0 Å². The SMILES string of the molecule is O=S1(=O)CCC(NCC(O)CN2CCCC2)C1. The van der Waals surface area contributed by atoms with E-state index < -0.39 is 15.9 Å².